The van der Waals surface area contributed by atoms with Crippen molar-refractivity contribution in [2.24, 2.45) is 0 Å². The Morgan fingerprint density at radius 3 is 2.45 bits per heavy atom. The second-order valence-electron chi connectivity index (χ2n) is 5.06. The predicted molar refractivity (Wildman–Crippen MR) is 80.5 cm³/mol. The summed E-state index contributed by atoms with van der Waals surface area (Å²) in [5.41, 5.74) is 4.95. The van der Waals surface area contributed by atoms with Crippen LogP contribution in [0, 0.1) is 13.8 Å². The van der Waals surface area contributed by atoms with E-state index >= 15 is 0 Å². The molecule has 2 aromatic carbocycles. The first kappa shape index (κ1) is 12.5. The third-order valence-electron chi connectivity index (χ3n) is 3.53. The summed E-state index contributed by atoms with van der Waals surface area (Å²) in [6.45, 7) is 3.71. The molecule has 0 atom stereocenters. The molecule has 0 unspecified atom stereocenters. The van der Waals surface area contributed by atoms with Crippen LogP contribution in [0.5, 0.6) is 5.75 Å². The van der Waals surface area contributed by atoms with Gasteiger partial charge in [0.25, 0.3) is 5.91 Å². The number of carbonyl (C=O) groups is 1. The number of aromatic hydroxyl groups is 1. The van der Waals surface area contributed by atoms with Crippen molar-refractivity contribution in [1.29, 1.82) is 0 Å². The molecule has 0 fully saturated rings. The summed E-state index contributed by atoms with van der Waals surface area (Å²) < 4.78 is 0. The largest absolute Gasteiger partial charge is 0.507 e. The van der Waals surface area contributed by atoms with Gasteiger partial charge in [0.05, 0.1) is 0 Å². The molecule has 0 radical (unpaired) electrons. The molecule has 1 amide bonds. The number of carbonyl (C=O) groups excluding carboxylic acids is 1. The number of phenolic OH excluding ortho intramolecular Hbond substituents is 1. The van der Waals surface area contributed by atoms with Crippen LogP contribution >= 0.6 is 0 Å². The first-order chi connectivity index (χ1) is 9.56. The Morgan fingerprint density at radius 2 is 1.75 bits per heavy atom. The lowest BCUT2D eigenvalue weighted by molar-refractivity contribution is -0.110. The van der Waals surface area contributed by atoms with Gasteiger partial charge in [-0.05, 0) is 54.8 Å². The molecule has 20 heavy (non-hydrogen) atoms. The Labute approximate surface area is 117 Å². The molecule has 1 heterocycles. The van der Waals surface area contributed by atoms with Crippen molar-refractivity contribution < 1.29 is 9.90 Å². The number of aryl methyl sites for hydroxylation is 2. The van der Waals surface area contributed by atoms with E-state index in [1.165, 1.54) is 0 Å². The Balaban J connectivity index is 2.11. The van der Waals surface area contributed by atoms with Crippen LogP contribution in [0.1, 0.15) is 22.3 Å². The summed E-state index contributed by atoms with van der Waals surface area (Å²) in [4.78, 5) is 12.0. The van der Waals surface area contributed by atoms with Crippen molar-refractivity contribution in [1.82, 2.24) is 0 Å². The van der Waals surface area contributed by atoms with Gasteiger partial charge in [-0.2, -0.15) is 0 Å². The molecule has 3 heteroatoms. The van der Waals surface area contributed by atoms with Crippen molar-refractivity contribution >= 4 is 23.2 Å². The predicted octanol–water partition coefficient (Wildman–Crippen LogP) is 3.50. The number of benzene rings is 2. The molecule has 1 aliphatic rings. The lowest BCUT2D eigenvalue weighted by Gasteiger charge is -2.05. The molecule has 0 spiro atoms. The minimum Gasteiger partial charge on any atom is -0.507 e. The molecule has 3 nitrogen and oxygen atoms in total. The Hall–Kier alpha value is -2.55. The van der Waals surface area contributed by atoms with Crippen molar-refractivity contribution in [3.63, 3.8) is 0 Å². The van der Waals surface area contributed by atoms with E-state index in [1.54, 1.807) is 0 Å². The molecule has 0 bridgehead atoms. The van der Waals surface area contributed by atoms with Gasteiger partial charge in [-0.15, -0.1) is 0 Å². The van der Waals surface area contributed by atoms with E-state index < -0.39 is 0 Å². The standard InChI is InChI=1S/C17H15NO2/c1-10-7-12(8-11(2)16(10)19)9-14-13-5-3-4-6-15(13)18-17(14)20/h3-9,19H,1-2H3,(H,18,20)/b14-9+. The zero-order chi connectivity index (χ0) is 14.3. The van der Waals surface area contributed by atoms with Crippen LogP contribution in [0.15, 0.2) is 36.4 Å². The van der Waals surface area contributed by atoms with Crippen LogP contribution in [0.2, 0.25) is 0 Å². The molecular weight excluding hydrogens is 250 g/mol. The van der Waals surface area contributed by atoms with Crippen LogP contribution in [0.3, 0.4) is 0 Å². The molecule has 0 saturated heterocycles. The highest BCUT2D eigenvalue weighted by atomic mass is 16.3. The number of rotatable bonds is 1. The summed E-state index contributed by atoms with van der Waals surface area (Å²) in [5, 5.41) is 12.7. The van der Waals surface area contributed by atoms with Crippen LogP contribution in [0.4, 0.5) is 5.69 Å². The van der Waals surface area contributed by atoms with E-state index in [1.807, 2.05) is 56.3 Å². The van der Waals surface area contributed by atoms with Crippen LogP contribution in [-0.4, -0.2) is 11.0 Å². The number of hydrogen-bond acceptors (Lipinski definition) is 2. The van der Waals surface area contributed by atoms with Crippen LogP contribution in [0.25, 0.3) is 11.6 Å². The molecule has 2 N–H and O–H groups in total. The summed E-state index contributed by atoms with van der Waals surface area (Å²) in [7, 11) is 0. The van der Waals surface area contributed by atoms with Gasteiger partial charge in [0.2, 0.25) is 0 Å². The van der Waals surface area contributed by atoms with E-state index in [-0.39, 0.29) is 5.91 Å². The zero-order valence-corrected chi connectivity index (χ0v) is 11.4. The summed E-state index contributed by atoms with van der Waals surface area (Å²) >= 11 is 0. The van der Waals surface area contributed by atoms with E-state index in [4.69, 9.17) is 0 Å². The van der Waals surface area contributed by atoms with E-state index in [0.717, 1.165) is 27.9 Å². The quantitative estimate of drug-likeness (QED) is 0.775. The Bertz CT molecular complexity index is 721. The smallest absolute Gasteiger partial charge is 0.256 e. The number of anilines is 1. The number of amides is 1. The minimum absolute atomic E-state index is 0.0884. The van der Waals surface area contributed by atoms with Gasteiger partial charge in [-0.1, -0.05) is 18.2 Å². The number of hydrogen-bond donors (Lipinski definition) is 2. The minimum atomic E-state index is -0.0884. The normalized spacial score (nSPS) is 15.3. The molecule has 1 aliphatic heterocycles. The van der Waals surface area contributed by atoms with E-state index in [9.17, 15) is 9.90 Å². The van der Waals surface area contributed by atoms with Gasteiger partial charge < -0.3 is 10.4 Å². The Kier molecular flexibility index (Phi) is 2.83. The van der Waals surface area contributed by atoms with Crippen LogP contribution < -0.4 is 5.32 Å². The monoisotopic (exact) mass is 265 g/mol. The van der Waals surface area contributed by atoms with Crippen molar-refractivity contribution in [3.05, 3.63) is 58.7 Å². The molecule has 100 valence electrons. The lowest BCUT2D eigenvalue weighted by Crippen LogP contribution is -2.03. The third-order valence-corrected chi connectivity index (χ3v) is 3.53. The highest BCUT2D eigenvalue weighted by molar-refractivity contribution is 6.34. The average molecular weight is 265 g/mol. The first-order valence-corrected chi connectivity index (χ1v) is 6.49. The van der Waals surface area contributed by atoms with Gasteiger partial charge in [-0.25, -0.2) is 0 Å². The van der Waals surface area contributed by atoms with Crippen molar-refractivity contribution in [2.45, 2.75) is 13.8 Å². The van der Waals surface area contributed by atoms with E-state index in [2.05, 4.69) is 5.32 Å². The maximum absolute atomic E-state index is 12.0. The first-order valence-electron chi connectivity index (χ1n) is 6.49. The molecule has 0 aliphatic carbocycles. The summed E-state index contributed by atoms with van der Waals surface area (Å²) in [5.74, 6) is 0.220. The van der Waals surface area contributed by atoms with Crippen molar-refractivity contribution in [3.8, 4) is 5.75 Å². The SMILES string of the molecule is Cc1cc(/C=C2/C(=O)Nc3ccccc32)cc(C)c1O. The fourth-order valence-corrected chi connectivity index (χ4v) is 2.52. The zero-order valence-electron chi connectivity index (χ0n) is 11.4. The second kappa shape index (κ2) is 4.53. The summed E-state index contributed by atoms with van der Waals surface area (Å²) in [6.07, 6.45) is 1.86. The topological polar surface area (TPSA) is 49.3 Å². The maximum atomic E-state index is 12.0. The van der Waals surface area contributed by atoms with E-state index in [0.29, 0.717) is 11.3 Å². The van der Waals surface area contributed by atoms with Gasteiger partial charge in [0.1, 0.15) is 5.75 Å². The molecule has 2 aromatic rings. The number of para-hydroxylation sites is 1. The van der Waals surface area contributed by atoms with Gasteiger partial charge in [0, 0.05) is 16.8 Å². The number of nitrogens with one attached hydrogen (secondary N) is 1. The lowest BCUT2D eigenvalue weighted by atomic mass is 10.0. The number of fused-ring (bicyclic) bond motifs is 1. The van der Waals surface area contributed by atoms with Crippen molar-refractivity contribution in [2.75, 3.05) is 5.32 Å². The van der Waals surface area contributed by atoms with Crippen LogP contribution in [-0.2, 0) is 4.79 Å². The molecule has 3 rings (SSSR count). The average Bonchev–Trinajstić information content (AvgIpc) is 2.73. The van der Waals surface area contributed by atoms with Gasteiger partial charge >= 0.3 is 0 Å². The third kappa shape index (κ3) is 1.97. The fourth-order valence-electron chi connectivity index (χ4n) is 2.52. The molecule has 0 aromatic heterocycles. The van der Waals surface area contributed by atoms with Gasteiger partial charge in [-0.3, -0.25) is 4.79 Å². The molecule has 0 saturated carbocycles. The van der Waals surface area contributed by atoms with Gasteiger partial charge in [0.15, 0.2) is 0 Å². The highest BCUT2D eigenvalue weighted by Crippen LogP contribution is 2.33. The second-order valence-corrected chi connectivity index (χ2v) is 5.06. The number of phenols is 1. The Morgan fingerprint density at radius 1 is 1.10 bits per heavy atom. The maximum Gasteiger partial charge on any atom is 0.256 e. The molecular formula is C17H15NO2. The summed E-state index contributed by atoms with van der Waals surface area (Å²) in [6, 6.07) is 11.4. The fraction of sp³-hybridized carbons (Fsp3) is 0.118. The highest BCUT2D eigenvalue weighted by Gasteiger charge is 2.23.